The van der Waals surface area contributed by atoms with E-state index in [-0.39, 0.29) is 4.90 Å². The number of hydrogen-bond acceptors (Lipinski definition) is 6. The van der Waals surface area contributed by atoms with Gasteiger partial charge in [0.15, 0.2) is 0 Å². The van der Waals surface area contributed by atoms with Crippen LogP contribution in [0.2, 0.25) is 0 Å². The zero-order valence-electron chi connectivity index (χ0n) is 14.7. The number of nitrogens with two attached hydrogens (primary N) is 1. The molecule has 0 saturated heterocycles. The minimum Gasteiger partial charge on any atom is -0.370 e. The fourth-order valence-corrected chi connectivity index (χ4v) is 3.02. The molecule has 27 heavy (non-hydrogen) atoms. The molecule has 140 valence electrons. The summed E-state index contributed by atoms with van der Waals surface area (Å²) in [6.45, 7) is 1.31. The van der Waals surface area contributed by atoms with Crippen LogP contribution in [-0.4, -0.2) is 24.9 Å². The molecule has 3 rings (SSSR count). The van der Waals surface area contributed by atoms with Gasteiger partial charge in [0, 0.05) is 19.3 Å². The second-order valence-corrected chi connectivity index (χ2v) is 7.53. The first-order valence-electron chi connectivity index (χ1n) is 8.47. The lowest BCUT2D eigenvalue weighted by molar-refractivity contribution is 0.598. The third-order valence-electron chi connectivity index (χ3n) is 3.92. The van der Waals surface area contributed by atoms with Gasteiger partial charge >= 0.3 is 0 Å². The van der Waals surface area contributed by atoms with Gasteiger partial charge in [0.25, 0.3) is 0 Å². The number of hydrogen-bond donors (Lipinski definition) is 3. The third kappa shape index (κ3) is 5.77. The SMILES string of the molecule is NS(=O)(=O)c1ccc(CCNc2ccnc(NCc3ccccc3)n2)cc1. The van der Waals surface area contributed by atoms with Gasteiger partial charge in [-0.1, -0.05) is 42.5 Å². The molecule has 4 N–H and O–H groups in total. The van der Waals surface area contributed by atoms with Gasteiger partial charge < -0.3 is 10.6 Å². The van der Waals surface area contributed by atoms with Crippen LogP contribution in [0.5, 0.6) is 0 Å². The summed E-state index contributed by atoms with van der Waals surface area (Å²) < 4.78 is 22.5. The number of sulfonamides is 1. The minimum atomic E-state index is -3.65. The van der Waals surface area contributed by atoms with Crippen molar-refractivity contribution >= 4 is 21.8 Å². The van der Waals surface area contributed by atoms with E-state index in [0.717, 1.165) is 23.4 Å². The predicted octanol–water partition coefficient (Wildman–Crippen LogP) is 2.39. The topological polar surface area (TPSA) is 110 Å². The summed E-state index contributed by atoms with van der Waals surface area (Å²) in [6.07, 6.45) is 2.42. The molecule has 0 atom stereocenters. The predicted molar refractivity (Wildman–Crippen MR) is 106 cm³/mol. The van der Waals surface area contributed by atoms with Gasteiger partial charge in [0.1, 0.15) is 5.82 Å². The molecule has 0 spiro atoms. The number of benzene rings is 2. The minimum absolute atomic E-state index is 0.115. The molecule has 0 fully saturated rings. The van der Waals surface area contributed by atoms with Gasteiger partial charge in [0.2, 0.25) is 16.0 Å². The van der Waals surface area contributed by atoms with E-state index in [0.29, 0.717) is 19.0 Å². The Balaban J connectivity index is 1.51. The molecular weight excluding hydrogens is 362 g/mol. The number of nitrogens with one attached hydrogen (secondary N) is 2. The quantitative estimate of drug-likeness (QED) is 0.551. The van der Waals surface area contributed by atoms with E-state index in [1.807, 2.05) is 30.3 Å². The van der Waals surface area contributed by atoms with Gasteiger partial charge in [-0.25, -0.2) is 18.5 Å². The van der Waals surface area contributed by atoms with Crippen LogP contribution in [0.25, 0.3) is 0 Å². The zero-order valence-corrected chi connectivity index (χ0v) is 15.5. The van der Waals surface area contributed by atoms with Crippen molar-refractivity contribution in [3.05, 3.63) is 78.0 Å². The van der Waals surface area contributed by atoms with Crippen molar-refractivity contribution in [2.45, 2.75) is 17.9 Å². The molecule has 0 radical (unpaired) electrons. The molecule has 0 saturated carbocycles. The number of aromatic nitrogens is 2. The molecule has 1 aromatic heterocycles. The third-order valence-corrected chi connectivity index (χ3v) is 4.85. The van der Waals surface area contributed by atoms with Crippen molar-refractivity contribution in [2.24, 2.45) is 5.14 Å². The van der Waals surface area contributed by atoms with E-state index in [2.05, 4.69) is 20.6 Å². The smallest absolute Gasteiger partial charge is 0.238 e. The molecule has 0 amide bonds. The lowest BCUT2D eigenvalue weighted by Gasteiger charge is -2.09. The van der Waals surface area contributed by atoms with Crippen molar-refractivity contribution in [1.82, 2.24) is 9.97 Å². The highest BCUT2D eigenvalue weighted by molar-refractivity contribution is 7.89. The van der Waals surface area contributed by atoms with E-state index in [9.17, 15) is 8.42 Å². The van der Waals surface area contributed by atoms with Gasteiger partial charge in [-0.3, -0.25) is 0 Å². The lowest BCUT2D eigenvalue weighted by atomic mass is 10.1. The van der Waals surface area contributed by atoms with Crippen LogP contribution in [0.3, 0.4) is 0 Å². The van der Waals surface area contributed by atoms with E-state index >= 15 is 0 Å². The monoisotopic (exact) mass is 383 g/mol. The molecular formula is C19H21N5O2S. The van der Waals surface area contributed by atoms with Gasteiger partial charge in [0.05, 0.1) is 4.90 Å². The van der Waals surface area contributed by atoms with Crippen molar-refractivity contribution < 1.29 is 8.42 Å². The summed E-state index contributed by atoms with van der Waals surface area (Å²) >= 11 is 0. The molecule has 0 aliphatic carbocycles. The van der Waals surface area contributed by atoms with Crippen molar-refractivity contribution in [2.75, 3.05) is 17.2 Å². The fourth-order valence-electron chi connectivity index (χ4n) is 2.50. The second-order valence-electron chi connectivity index (χ2n) is 5.97. The molecule has 3 aromatic rings. The largest absolute Gasteiger partial charge is 0.370 e. The molecule has 0 aliphatic rings. The fraction of sp³-hybridized carbons (Fsp3) is 0.158. The van der Waals surface area contributed by atoms with E-state index < -0.39 is 10.0 Å². The number of anilines is 2. The van der Waals surface area contributed by atoms with E-state index in [1.165, 1.54) is 12.1 Å². The van der Waals surface area contributed by atoms with Crippen LogP contribution in [0.1, 0.15) is 11.1 Å². The second kappa shape index (κ2) is 8.61. The Bertz CT molecular complexity index is 976. The molecule has 0 aliphatic heterocycles. The van der Waals surface area contributed by atoms with Crippen molar-refractivity contribution in [1.29, 1.82) is 0 Å². The summed E-state index contributed by atoms with van der Waals surface area (Å²) in [4.78, 5) is 8.77. The highest BCUT2D eigenvalue weighted by atomic mass is 32.2. The first-order chi connectivity index (χ1) is 13.0. The number of rotatable bonds is 8. The molecule has 1 heterocycles. The van der Waals surface area contributed by atoms with Gasteiger partial charge in [-0.05, 0) is 35.7 Å². The average molecular weight is 383 g/mol. The van der Waals surface area contributed by atoms with E-state index in [1.54, 1.807) is 24.4 Å². The van der Waals surface area contributed by atoms with E-state index in [4.69, 9.17) is 5.14 Å². The maximum atomic E-state index is 11.3. The molecule has 2 aromatic carbocycles. The summed E-state index contributed by atoms with van der Waals surface area (Å²) in [5.41, 5.74) is 2.16. The van der Waals surface area contributed by atoms with Gasteiger partial charge in [-0.2, -0.15) is 4.98 Å². The Morgan fingerprint density at radius 3 is 2.33 bits per heavy atom. The lowest BCUT2D eigenvalue weighted by Crippen LogP contribution is -2.12. The first-order valence-corrected chi connectivity index (χ1v) is 10.0. The van der Waals surface area contributed by atoms with Crippen LogP contribution < -0.4 is 15.8 Å². The summed E-state index contributed by atoms with van der Waals surface area (Å²) in [5.74, 6) is 1.28. The Morgan fingerprint density at radius 2 is 1.63 bits per heavy atom. The molecule has 0 unspecified atom stereocenters. The Hall–Kier alpha value is -2.97. The van der Waals surface area contributed by atoms with Crippen LogP contribution in [-0.2, 0) is 23.0 Å². The average Bonchev–Trinajstić information content (AvgIpc) is 2.67. The zero-order chi connectivity index (χ0) is 19.1. The number of nitrogens with zero attached hydrogens (tertiary/aromatic N) is 2. The van der Waals surface area contributed by atoms with Gasteiger partial charge in [-0.15, -0.1) is 0 Å². The van der Waals surface area contributed by atoms with Crippen molar-refractivity contribution in [3.8, 4) is 0 Å². The van der Waals surface area contributed by atoms with Crippen LogP contribution >= 0.6 is 0 Å². The normalized spacial score (nSPS) is 11.1. The molecule has 7 nitrogen and oxygen atoms in total. The maximum Gasteiger partial charge on any atom is 0.238 e. The highest BCUT2D eigenvalue weighted by Gasteiger charge is 2.06. The highest BCUT2D eigenvalue weighted by Crippen LogP contribution is 2.11. The Labute approximate surface area is 158 Å². The Morgan fingerprint density at radius 1 is 0.889 bits per heavy atom. The van der Waals surface area contributed by atoms with Crippen LogP contribution in [0, 0.1) is 0 Å². The standard InChI is InChI=1S/C19H21N5O2S/c20-27(25,26)17-8-6-15(7-9-17)10-12-21-18-11-13-22-19(24-18)23-14-16-4-2-1-3-5-16/h1-9,11,13H,10,12,14H2,(H2,20,25,26)(H2,21,22,23,24). The summed E-state index contributed by atoms with van der Waals surface area (Å²) in [6, 6.07) is 18.4. The Kier molecular flexibility index (Phi) is 6.00. The van der Waals surface area contributed by atoms with Crippen LogP contribution in [0.15, 0.2) is 71.8 Å². The number of primary sulfonamides is 1. The van der Waals surface area contributed by atoms with Crippen molar-refractivity contribution in [3.63, 3.8) is 0 Å². The first kappa shape index (κ1) is 18.8. The summed E-state index contributed by atoms with van der Waals surface area (Å²) in [5, 5.41) is 11.5. The molecule has 0 bridgehead atoms. The molecule has 8 heteroatoms. The maximum absolute atomic E-state index is 11.3. The summed E-state index contributed by atoms with van der Waals surface area (Å²) in [7, 11) is -3.65. The van der Waals surface area contributed by atoms with Crippen LogP contribution in [0.4, 0.5) is 11.8 Å².